The molecule has 1 aromatic carbocycles. The number of likely N-dealkylation sites (N-methyl/N-ethyl adjacent to an activating group) is 1. The molecule has 7 heteroatoms. The van der Waals surface area contributed by atoms with Crippen LogP contribution in [0.15, 0.2) is 39.5 Å². The fourth-order valence-corrected chi connectivity index (χ4v) is 3.12. The lowest BCUT2D eigenvalue weighted by Gasteiger charge is -2.40. The average molecular weight is 347 g/mol. The summed E-state index contributed by atoms with van der Waals surface area (Å²) in [5.74, 6) is -0.421. The van der Waals surface area contributed by atoms with E-state index in [9.17, 15) is 9.59 Å². The first kappa shape index (κ1) is 17.6. The molecule has 0 bridgehead atoms. The fourth-order valence-electron chi connectivity index (χ4n) is 3.12. The van der Waals surface area contributed by atoms with Gasteiger partial charge >= 0.3 is 0 Å². The number of amides is 1. The van der Waals surface area contributed by atoms with Crippen LogP contribution >= 0.6 is 0 Å². The van der Waals surface area contributed by atoms with Gasteiger partial charge in [-0.15, -0.1) is 0 Å². The molecule has 7 nitrogen and oxygen atoms in total. The van der Waals surface area contributed by atoms with Crippen molar-refractivity contribution >= 4 is 16.9 Å². The molecule has 0 radical (unpaired) electrons. The number of carbonyl (C=O) groups excluding carboxylic acids is 1. The van der Waals surface area contributed by atoms with Gasteiger partial charge in [0.2, 0.25) is 0 Å². The van der Waals surface area contributed by atoms with Crippen LogP contribution in [0.25, 0.3) is 11.0 Å². The van der Waals surface area contributed by atoms with Gasteiger partial charge in [0.1, 0.15) is 17.8 Å². The Labute approximate surface area is 145 Å². The van der Waals surface area contributed by atoms with Gasteiger partial charge in [0.15, 0.2) is 11.2 Å². The number of nitrogens with zero attached hydrogens (tertiary/aromatic N) is 1. The second kappa shape index (κ2) is 7.35. The highest BCUT2D eigenvalue weighted by Crippen LogP contribution is 2.21. The van der Waals surface area contributed by atoms with Crippen LogP contribution in [0.5, 0.6) is 0 Å². The topological polar surface area (TPSA) is 78.2 Å². The zero-order valence-electron chi connectivity index (χ0n) is 14.4. The largest absolute Gasteiger partial charge is 0.451 e. The summed E-state index contributed by atoms with van der Waals surface area (Å²) in [5.41, 5.74) is 0.126. The van der Waals surface area contributed by atoms with E-state index in [-0.39, 0.29) is 29.4 Å². The highest BCUT2D eigenvalue weighted by Gasteiger charge is 2.39. The maximum absolute atomic E-state index is 12.8. The van der Waals surface area contributed by atoms with Crippen molar-refractivity contribution in [2.45, 2.75) is 18.2 Å². The second-order valence-electron chi connectivity index (χ2n) is 5.97. The van der Waals surface area contributed by atoms with Crippen LogP contribution in [0.3, 0.4) is 0 Å². The van der Waals surface area contributed by atoms with Crippen LogP contribution < -0.4 is 5.43 Å². The molecule has 1 amide bonds. The standard InChI is InChI=1S/C18H21NO6/c1-19(12-9-24-10-16(22-2)17(12)23-3)18(21)15-8-13(20)11-6-4-5-7-14(11)25-15/h4-8,12,16-17H,9-10H2,1-3H3/t12-,16-,17+/m1/s1. The Kier molecular flexibility index (Phi) is 5.17. The van der Waals surface area contributed by atoms with E-state index in [0.29, 0.717) is 24.2 Å². The third kappa shape index (κ3) is 3.30. The average Bonchev–Trinajstić information content (AvgIpc) is 2.66. The number of benzene rings is 1. The van der Waals surface area contributed by atoms with E-state index in [2.05, 4.69) is 0 Å². The monoisotopic (exact) mass is 347 g/mol. The summed E-state index contributed by atoms with van der Waals surface area (Å²) in [6.07, 6.45) is -0.609. The first-order valence-electron chi connectivity index (χ1n) is 8.00. The molecule has 134 valence electrons. The number of rotatable bonds is 4. The van der Waals surface area contributed by atoms with Gasteiger partial charge in [-0.3, -0.25) is 9.59 Å². The Bertz CT molecular complexity index is 817. The maximum atomic E-state index is 12.8. The van der Waals surface area contributed by atoms with Gasteiger partial charge in [-0.2, -0.15) is 0 Å². The lowest BCUT2D eigenvalue weighted by Crippen LogP contribution is -2.57. The third-order valence-electron chi connectivity index (χ3n) is 4.55. The van der Waals surface area contributed by atoms with Gasteiger partial charge in [-0.05, 0) is 12.1 Å². The summed E-state index contributed by atoms with van der Waals surface area (Å²) in [6, 6.07) is 7.70. The van der Waals surface area contributed by atoms with Crippen molar-refractivity contribution in [1.29, 1.82) is 0 Å². The van der Waals surface area contributed by atoms with Gasteiger partial charge in [-0.25, -0.2) is 0 Å². The van der Waals surface area contributed by atoms with Crippen molar-refractivity contribution in [3.05, 3.63) is 46.3 Å². The van der Waals surface area contributed by atoms with E-state index < -0.39 is 5.91 Å². The van der Waals surface area contributed by atoms with E-state index in [0.717, 1.165) is 0 Å². The zero-order valence-corrected chi connectivity index (χ0v) is 14.4. The molecule has 1 aromatic heterocycles. The van der Waals surface area contributed by atoms with Crippen molar-refractivity contribution in [2.75, 3.05) is 34.5 Å². The Morgan fingerprint density at radius 1 is 1.20 bits per heavy atom. The van der Waals surface area contributed by atoms with Crippen LogP contribution in [0.4, 0.5) is 0 Å². The Morgan fingerprint density at radius 2 is 1.96 bits per heavy atom. The molecule has 25 heavy (non-hydrogen) atoms. The van der Waals surface area contributed by atoms with E-state index in [1.54, 1.807) is 45.5 Å². The number of hydrogen-bond acceptors (Lipinski definition) is 6. The molecule has 0 spiro atoms. The molecule has 3 rings (SSSR count). The summed E-state index contributed by atoms with van der Waals surface area (Å²) in [5, 5.41) is 0.442. The summed E-state index contributed by atoms with van der Waals surface area (Å²) in [4.78, 5) is 26.5. The molecule has 1 saturated heterocycles. The van der Waals surface area contributed by atoms with Gasteiger partial charge in [-0.1, -0.05) is 12.1 Å². The van der Waals surface area contributed by atoms with Gasteiger partial charge in [0.05, 0.1) is 24.6 Å². The van der Waals surface area contributed by atoms with Crippen molar-refractivity contribution in [2.24, 2.45) is 0 Å². The Hall–Kier alpha value is -2.22. The predicted molar refractivity (Wildman–Crippen MR) is 90.8 cm³/mol. The van der Waals surface area contributed by atoms with Crippen molar-refractivity contribution in [1.82, 2.24) is 4.90 Å². The summed E-state index contributed by atoms with van der Waals surface area (Å²) >= 11 is 0. The molecule has 0 N–H and O–H groups in total. The molecular formula is C18H21NO6. The first-order valence-corrected chi connectivity index (χ1v) is 8.00. The number of carbonyl (C=O) groups is 1. The molecule has 1 aliphatic heterocycles. The first-order chi connectivity index (χ1) is 12.1. The predicted octanol–water partition coefficient (Wildman–Crippen LogP) is 1.29. The van der Waals surface area contributed by atoms with E-state index in [4.69, 9.17) is 18.6 Å². The second-order valence-corrected chi connectivity index (χ2v) is 5.97. The molecule has 3 atom stereocenters. The quantitative estimate of drug-likeness (QED) is 0.829. The van der Waals surface area contributed by atoms with Crippen LogP contribution in [-0.4, -0.2) is 63.5 Å². The van der Waals surface area contributed by atoms with Crippen LogP contribution in [0, 0.1) is 0 Å². The fraction of sp³-hybridized carbons (Fsp3) is 0.444. The zero-order chi connectivity index (χ0) is 18.0. The number of para-hydroxylation sites is 1. The molecule has 0 aliphatic carbocycles. The molecule has 2 heterocycles. The highest BCUT2D eigenvalue weighted by atomic mass is 16.6. The number of ether oxygens (including phenoxy) is 3. The van der Waals surface area contributed by atoms with Crippen LogP contribution in [0.2, 0.25) is 0 Å². The molecule has 1 fully saturated rings. The molecule has 0 saturated carbocycles. The van der Waals surface area contributed by atoms with Gasteiger partial charge < -0.3 is 23.5 Å². The van der Waals surface area contributed by atoms with Crippen molar-refractivity contribution < 1.29 is 23.4 Å². The lowest BCUT2D eigenvalue weighted by atomic mass is 10.0. The van der Waals surface area contributed by atoms with Crippen molar-refractivity contribution in [3.63, 3.8) is 0 Å². The van der Waals surface area contributed by atoms with Gasteiger partial charge in [0.25, 0.3) is 5.91 Å². The van der Waals surface area contributed by atoms with Gasteiger partial charge in [0, 0.05) is 27.3 Å². The molecular weight excluding hydrogens is 326 g/mol. The third-order valence-corrected chi connectivity index (χ3v) is 4.55. The molecule has 1 aliphatic rings. The summed E-state index contributed by atoms with van der Waals surface area (Å²) < 4.78 is 22.1. The smallest absolute Gasteiger partial charge is 0.289 e. The number of methoxy groups -OCH3 is 2. The minimum atomic E-state index is -0.407. The minimum absolute atomic E-state index is 0.0133. The van der Waals surface area contributed by atoms with Crippen LogP contribution in [-0.2, 0) is 14.2 Å². The normalized spacial score (nSPS) is 23.6. The summed E-state index contributed by atoms with van der Waals surface area (Å²) in [6.45, 7) is 0.719. The van der Waals surface area contributed by atoms with E-state index in [1.165, 1.54) is 11.0 Å². The number of hydrogen-bond donors (Lipinski definition) is 0. The lowest BCUT2D eigenvalue weighted by molar-refractivity contribution is -0.147. The Balaban J connectivity index is 1.90. The van der Waals surface area contributed by atoms with E-state index in [1.807, 2.05) is 0 Å². The highest BCUT2D eigenvalue weighted by molar-refractivity contribution is 5.93. The van der Waals surface area contributed by atoms with E-state index >= 15 is 0 Å². The number of fused-ring (bicyclic) bond motifs is 1. The SMILES string of the molecule is CO[C@H]1[C@H](N(C)C(=O)c2cc(=O)c3ccccc3o2)COC[C@H]1OC. The molecule has 0 unspecified atom stereocenters. The minimum Gasteiger partial charge on any atom is -0.451 e. The van der Waals surface area contributed by atoms with Crippen LogP contribution in [0.1, 0.15) is 10.6 Å². The molecule has 2 aromatic rings. The van der Waals surface area contributed by atoms with Crippen molar-refractivity contribution in [3.8, 4) is 0 Å². The Morgan fingerprint density at radius 3 is 2.68 bits per heavy atom. The summed E-state index contributed by atoms with van der Waals surface area (Å²) in [7, 11) is 4.78. The maximum Gasteiger partial charge on any atom is 0.289 e.